The van der Waals surface area contributed by atoms with Crippen molar-refractivity contribution in [2.75, 3.05) is 0 Å². The summed E-state index contributed by atoms with van der Waals surface area (Å²) in [6.07, 6.45) is 6.73. The minimum atomic E-state index is 0.545. The first-order chi connectivity index (χ1) is 8.57. The summed E-state index contributed by atoms with van der Waals surface area (Å²) < 4.78 is 1.21. The van der Waals surface area contributed by atoms with Crippen LogP contribution < -0.4 is 5.32 Å². The Labute approximate surface area is 119 Å². The topological polar surface area (TPSA) is 12.0 Å². The Morgan fingerprint density at radius 1 is 1.22 bits per heavy atom. The summed E-state index contributed by atoms with van der Waals surface area (Å²) in [7, 11) is 0. The van der Waals surface area contributed by atoms with Gasteiger partial charge in [-0.25, -0.2) is 0 Å². The van der Waals surface area contributed by atoms with Crippen LogP contribution in [0.2, 0.25) is 0 Å². The molecule has 0 saturated heterocycles. The summed E-state index contributed by atoms with van der Waals surface area (Å²) in [5, 5.41) is 3.73. The summed E-state index contributed by atoms with van der Waals surface area (Å²) in [5.74, 6) is 0. The van der Waals surface area contributed by atoms with E-state index in [1.807, 2.05) is 0 Å². The zero-order valence-corrected chi connectivity index (χ0v) is 13.1. The van der Waals surface area contributed by atoms with E-state index in [2.05, 4.69) is 59.4 Å². The molecular formula is C16H24BrN. The molecule has 2 heteroatoms. The maximum Gasteiger partial charge on any atom is 0.0220 e. The molecule has 2 rings (SSSR count). The molecule has 1 fully saturated rings. The van der Waals surface area contributed by atoms with Gasteiger partial charge in [-0.2, -0.15) is 0 Å². The van der Waals surface area contributed by atoms with Crippen molar-refractivity contribution < 1.29 is 0 Å². The fraction of sp³-hybridized carbons (Fsp3) is 0.625. The van der Waals surface area contributed by atoms with Crippen molar-refractivity contribution in [2.24, 2.45) is 5.41 Å². The minimum Gasteiger partial charge on any atom is -0.310 e. The molecule has 1 N–H and O–H groups in total. The van der Waals surface area contributed by atoms with E-state index in [4.69, 9.17) is 0 Å². The van der Waals surface area contributed by atoms with Gasteiger partial charge >= 0.3 is 0 Å². The van der Waals surface area contributed by atoms with Crippen molar-refractivity contribution in [3.63, 3.8) is 0 Å². The first kappa shape index (κ1) is 14.1. The van der Waals surface area contributed by atoms with Gasteiger partial charge in [0.05, 0.1) is 0 Å². The molecule has 0 amide bonds. The molecule has 18 heavy (non-hydrogen) atoms. The van der Waals surface area contributed by atoms with Crippen LogP contribution in [0.3, 0.4) is 0 Å². The summed E-state index contributed by atoms with van der Waals surface area (Å²) in [5.41, 5.74) is 1.91. The van der Waals surface area contributed by atoms with Crippen molar-refractivity contribution >= 4 is 15.9 Å². The molecule has 0 bridgehead atoms. The Kier molecular flexibility index (Phi) is 4.85. The molecule has 0 aliphatic heterocycles. The number of nitrogens with one attached hydrogen (secondary N) is 1. The zero-order chi connectivity index (χ0) is 13.0. The molecule has 100 valence electrons. The van der Waals surface area contributed by atoms with Gasteiger partial charge in [-0.3, -0.25) is 0 Å². The van der Waals surface area contributed by atoms with Crippen molar-refractivity contribution in [2.45, 2.75) is 58.5 Å². The van der Waals surface area contributed by atoms with Crippen molar-refractivity contribution in [3.05, 3.63) is 34.3 Å². The van der Waals surface area contributed by atoms with E-state index < -0.39 is 0 Å². The molecule has 0 spiro atoms. The Balaban J connectivity index is 1.85. The Hall–Kier alpha value is -0.340. The zero-order valence-electron chi connectivity index (χ0n) is 11.5. The lowest BCUT2D eigenvalue weighted by Gasteiger charge is -2.22. The third kappa shape index (κ3) is 4.10. The largest absolute Gasteiger partial charge is 0.310 e. The van der Waals surface area contributed by atoms with Gasteiger partial charge in [0, 0.05) is 17.1 Å². The maximum atomic E-state index is 3.73. The van der Waals surface area contributed by atoms with E-state index in [1.54, 1.807) is 0 Å². The van der Waals surface area contributed by atoms with Gasteiger partial charge in [-0.05, 0) is 42.7 Å². The van der Waals surface area contributed by atoms with Crippen molar-refractivity contribution in [1.29, 1.82) is 0 Å². The predicted molar refractivity (Wildman–Crippen MR) is 81.6 cm³/mol. The van der Waals surface area contributed by atoms with Crippen LogP contribution >= 0.6 is 15.9 Å². The highest BCUT2D eigenvalue weighted by Crippen LogP contribution is 2.33. The highest BCUT2D eigenvalue weighted by molar-refractivity contribution is 9.10. The smallest absolute Gasteiger partial charge is 0.0220 e. The van der Waals surface area contributed by atoms with Crippen LogP contribution in [-0.2, 0) is 6.54 Å². The normalized spacial score (nSPS) is 23.6. The molecule has 1 aliphatic rings. The van der Waals surface area contributed by atoms with Crippen LogP contribution in [0.4, 0.5) is 0 Å². The second kappa shape index (κ2) is 6.21. The van der Waals surface area contributed by atoms with E-state index in [1.165, 1.54) is 42.1 Å². The third-order valence-corrected chi connectivity index (χ3v) is 4.89. The Morgan fingerprint density at radius 2 is 2.00 bits per heavy atom. The average molecular weight is 310 g/mol. The first-order valence-electron chi connectivity index (χ1n) is 7.04. The van der Waals surface area contributed by atoms with Gasteiger partial charge < -0.3 is 5.32 Å². The van der Waals surface area contributed by atoms with Crippen molar-refractivity contribution in [3.8, 4) is 0 Å². The number of rotatable bonds is 3. The fourth-order valence-corrected chi connectivity index (χ4v) is 3.19. The monoisotopic (exact) mass is 309 g/mol. The van der Waals surface area contributed by atoms with E-state index in [0.29, 0.717) is 11.5 Å². The standard InChI is InChI=1S/C16H24BrN/c1-16(2)10-5-7-14(9-11-16)18-12-13-6-3-4-8-15(13)17/h3-4,6,8,14,18H,5,7,9-12H2,1-2H3. The summed E-state index contributed by atoms with van der Waals surface area (Å²) in [6.45, 7) is 5.79. The molecular weight excluding hydrogens is 286 g/mol. The van der Waals surface area contributed by atoms with Crippen LogP contribution in [-0.4, -0.2) is 6.04 Å². The molecule has 1 aromatic rings. The summed E-state index contributed by atoms with van der Waals surface area (Å²) in [4.78, 5) is 0. The Morgan fingerprint density at radius 3 is 2.78 bits per heavy atom. The number of benzene rings is 1. The second-order valence-corrected chi connectivity index (χ2v) is 7.12. The SMILES string of the molecule is CC1(C)CCCC(NCc2ccccc2Br)CC1. The predicted octanol–water partition coefficient (Wildman–Crippen LogP) is 4.90. The highest BCUT2D eigenvalue weighted by Gasteiger charge is 2.23. The summed E-state index contributed by atoms with van der Waals surface area (Å²) >= 11 is 3.61. The van der Waals surface area contributed by atoms with Gasteiger partial charge in [0.15, 0.2) is 0 Å². The third-order valence-electron chi connectivity index (χ3n) is 4.11. The molecule has 0 aromatic heterocycles. The molecule has 1 nitrogen and oxygen atoms in total. The molecule has 1 saturated carbocycles. The molecule has 1 unspecified atom stereocenters. The highest BCUT2D eigenvalue weighted by atomic mass is 79.9. The molecule has 1 atom stereocenters. The fourth-order valence-electron chi connectivity index (χ4n) is 2.76. The van der Waals surface area contributed by atoms with Gasteiger partial charge in [0.25, 0.3) is 0 Å². The van der Waals surface area contributed by atoms with Crippen LogP contribution in [0.15, 0.2) is 28.7 Å². The van der Waals surface area contributed by atoms with Crippen LogP contribution in [0, 0.1) is 5.41 Å². The van der Waals surface area contributed by atoms with E-state index >= 15 is 0 Å². The summed E-state index contributed by atoms with van der Waals surface area (Å²) in [6, 6.07) is 9.18. The number of halogens is 1. The average Bonchev–Trinajstić information content (AvgIpc) is 2.50. The quantitative estimate of drug-likeness (QED) is 0.783. The molecule has 0 heterocycles. The number of hydrogen-bond acceptors (Lipinski definition) is 1. The van der Waals surface area contributed by atoms with Gasteiger partial charge in [-0.15, -0.1) is 0 Å². The van der Waals surface area contributed by atoms with Crippen LogP contribution in [0.1, 0.15) is 51.5 Å². The lowest BCUT2D eigenvalue weighted by atomic mass is 9.85. The van der Waals surface area contributed by atoms with E-state index in [-0.39, 0.29) is 0 Å². The lowest BCUT2D eigenvalue weighted by molar-refractivity contribution is 0.309. The van der Waals surface area contributed by atoms with E-state index in [9.17, 15) is 0 Å². The minimum absolute atomic E-state index is 0.545. The Bertz CT molecular complexity index is 386. The molecule has 1 aromatic carbocycles. The molecule has 0 radical (unpaired) electrons. The van der Waals surface area contributed by atoms with E-state index in [0.717, 1.165) is 6.54 Å². The van der Waals surface area contributed by atoms with Crippen LogP contribution in [0.25, 0.3) is 0 Å². The maximum absolute atomic E-state index is 3.73. The van der Waals surface area contributed by atoms with Crippen LogP contribution in [0.5, 0.6) is 0 Å². The van der Waals surface area contributed by atoms with Gasteiger partial charge in [0.2, 0.25) is 0 Å². The van der Waals surface area contributed by atoms with Crippen molar-refractivity contribution in [1.82, 2.24) is 5.32 Å². The van der Waals surface area contributed by atoms with Gasteiger partial charge in [-0.1, -0.05) is 54.4 Å². The lowest BCUT2D eigenvalue weighted by Crippen LogP contribution is -2.28. The number of hydrogen-bond donors (Lipinski definition) is 1. The second-order valence-electron chi connectivity index (χ2n) is 6.26. The first-order valence-corrected chi connectivity index (χ1v) is 7.83. The van der Waals surface area contributed by atoms with Gasteiger partial charge in [0.1, 0.15) is 0 Å². The molecule has 1 aliphatic carbocycles.